The number of carbonyl (C=O) groups is 2. The number of halogens is 1. The van der Waals surface area contributed by atoms with Gasteiger partial charge in [-0.15, -0.1) is 0 Å². The van der Waals surface area contributed by atoms with Crippen molar-refractivity contribution < 1.29 is 28.6 Å². The van der Waals surface area contributed by atoms with E-state index in [9.17, 15) is 14.0 Å². The quantitative estimate of drug-likeness (QED) is 0.704. The van der Waals surface area contributed by atoms with Crippen molar-refractivity contribution >= 4 is 17.7 Å². The van der Waals surface area contributed by atoms with Gasteiger partial charge in [0.15, 0.2) is 0 Å². The molecule has 0 spiro atoms. The van der Waals surface area contributed by atoms with Gasteiger partial charge in [0.2, 0.25) is 0 Å². The monoisotopic (exact) mass is 380 g/mol. The molecule has 27 heavy (non-hydrogen) atoms. The summed E-state index contributed by atoms with van der Waals surface area (Å²) in [6.07, 6.45) is 4.22. The van der Waals surface area contributed by atoms with Gasteiger partial charge < -0.3 is 25.2 Å². The standard InChI is InChI=1S/C19H25FN2O5/c20-13-5-8-17(27-11-15-2-1-9-26-15)16(10-13)22-19(25)21-14-6-3-12(4-7-14)18(23)24/h5,8,10,12,14-15H,1-4,6-7,9,11H2,(H,23,24)(H2,21,22,25). The Morgan fingerprint density at radius 1 is 1.22 bits per heavy atom. The van der Waals surface area contributed by atoms with E-state index in [0.29, 0.717) is 38.0 Å². The molecule has 1 saturated carbocycles. The number of anilines is 1. The van der Waals surface area contributed by atoms with Gasteiger partial charge >= 0.3 is 12.0 Å². The molecular formula is C19H25FN2O5. The summed E-state index contributed by atoms with van der Waals surface area (Å²) in [6, 6.07) is 3.43. The molecular weight excluding hydrogens is 355 g/mol. The zero-order valence-electron chi connectivity index (χ0n) is 15.1. The van der Waals surface area contributed by atoms with Crippen LogP contribution in [-0.2, 0) is 9.53 Å². The van der Waals surface area contributed by atoms with E-state index in [1.165, 1.54) is 18.2 Å². The first-order valence-corrected chi connectivity index (χ1v) is 9.35. The lowest BCUT2D eigenvalue weighted by Crippen LogP contribution is -2.41. The largest absolute Gasteiger partial charge is 0.489 e. The minimum atomic E-state index is -0.786. The summed E-state index contributed by atoms with van der Waals surface area (Å²) in [5, 5.41) is 14.5. The van der Waals surface area contributed by atoms with Crippen LogP contribution in [0.2, 0.25) is 0 Å². The van der Waals surface area contributed by atoms with E-state index in [4.69, 9.17) is 14.6 Å². The van der Waals surface area contributed by atoms with Crippen molar-refractivity contribution in [3.63, 3.8) is 0 Å². The molecule has 1 aliphatic heterocycles. The van der Waals surface area contributed by atoms with Crippen LogP contribution >= 0.6 is 0 Å². The molecule has 1 saturated heterocycles. The lowest BCUT2D eigenvalue weighted by Gasteiger charge is -2.27. The van der Waals surface area contributed by atoms with Crippen molar-refractivity contribution in [1.82, 2.24) is 5.32 Å². The number of urea groups is 1. The fourth-order valence-corrected chi connectivity index (χ4v) is 3.51. The molecule has 1 atom stereocenters. The van der Waals surface area contributed by atoms with Gasteiger partial charge in [-0.2, -0.15) is 0 Å². The molecule has 3 N–H and O–H groups in total. The first-order chi connectivity index (χ1) is 13.0. The number of aliphatic carboxylic acids is 1. The number of hydrogen-bond acceptors (Lipinski definition) is 4. The van der Waals surface area contributed by atoms with E-state index in [1.807, 2.05) is 0 Å². The molecule has 8 heteroatoms. The molecule has 0 aromatic heterocycles. The summed E-state index contributed by atoms with van der Waals surface area (Å²) in [4.78, 5) is 23.3. The van der Waals surface area contributed by atoms with Crippen LogP contribution in [0.15, 0.2) is 18.2 Å². The Hall–Kier alpha value is -2.35. The minimum absolute atomic E-state index is 0.0150. The highest BCUT2D eigenvalue weighted by atomic mass is 19.1. The highest BCUT2D eigenvalue weighted by molar-refractivity contribution is 5.91. The van der Waals surface area contributed by atoms with Crippen molar-refractivity contribution in [2.24, 2.45) is 5.92 Å². The Morgan fingerprint density at radius 3 is 2.67 bits per heavy atom. The third-order valence-corrected chi connectivity index (χ3v) is 5.05. The number of hydrogen-bond donors (Lipinski definition) is 3. The highest BCUT2D eigenvalue weighted by Gasteiger charge is 2.27. The molecule has 0 bridgehead atoms. The van der Waals surface area contributed by atoms with Crippen LogP contribution in [-0.4, -0.2) is 42.5 Å². The van der Waals surface area contributed by atoms with Gasteiger partial charge in [0.25, 0.3) is 0 Å². The number of carbonyl (C=O) groups excluding carboxylic acids is 1. The van der Waals surface area contributed by atoms with Gasteiger partial charge in [-0.1, -0.05) is 0 Å². The first kappa shape index (κ1) is 19.4. The maximum atomic E-state index is 13.6. The predicted octanol–water partition coefficient (Wildman–Crippen LogP) is 3.15. The average Bonchev–Trinajstić information content (AvgIpc) is 3.15. The van der Waals surface area contributed by atoms with E-state index in [1.54, 1.807) is 0 Å². The van der Waals surface area contributed by atoms with Crippen molar-refractivity contribution in [3.8, 4) is 5.75 Å². The average molecular weight is 380 g/mol. The maximum absolute atomic E-state index is 13.6. The van der Waals surface area contributed by atoms with Gasteiger partial charge in [0, 0.05) is 18.7 Å². The van der Waals surface area contributed by atoms with E-state index in [-0.39, 0.29) is 23.8 Å². The molecule has 1 aromatic carbocycles. The summed E-state index contributed by atoms with van der Waals surface area (Å²) in [5.41, 5.74) is 0.254. The minimum Gasteiger partial charge on any atom is -0.489 e. The third-order valence-electron chi connectivity index (χ3n) is 5.05. The molecule has 0 radical (unpaired) electrons. The number of amides is 2. The molecule has 1 unspecified atom stereocenters. The molecule has 1 heterocycles. The van der Waals surface area contributed by atoms with Gasteiger partial charge in [0.1, 0.15) is 18.2 Å². The highest BCUT2D eigenvalue weighted by Crippen LogP contribution is 2.27. The fourth-order valence-electron chi connectivity index (χ4n) is 3.51. The van der Waals surface area contributed by atoms with E-state index in [2.05, 4.69) is 10.6 Å². The summed E-state index contributed by atoms with van der Waals surface area (Å²) in [6.45, 7) is 1.07. The topological polar surface area (TPSA) is 96.9 Å². The predicted molar refractivity (Wildman–Crippen MR) is 96.4 cm³/mol. The molecule has 3 rings (SSSR count). The van der Waals surface area contributed by atoms with Gasteiger partial charge in [0.05, 0.1) is 17.7 Å². The van der Waals surface area contributed by atoms with Crippen molar-refractivity contribution in [2.45, 2.75) is 50.7 Å². The van der Waals surface area contributed by atoms with Crippen LogP contribution in [0.3, 0.4) is 0 Å². The molecule has 2 fully saturated rings. The molecule has 148 valence electrons. The summed E-state index contributed by atoms with van der Waals surface area (Å²) in [5.74, 6) is -1.22. The second kappa shape index (κ2) is 9.03. The number of ether oxygens (including phenoxy) is 2. The SMILES string of the molecule is O=C(Nc1cc(F)ccc1OCC1CCCO1)NC1CCC(C(=O)O)CC1. The van der Waals surface area contributed by atoms with Gasteiger partial charge in [-0.3, -0.25) is 4.79 Å². The Balaban J connectivity index is 1.53. The molecule has 7 nitrogen and oxygen atoms in total. The smallest absolute Gasteiger partial charge is 0.319 e. The number of carboxylic acids is 1. The summed E-state index contributed by atoms with van der Waals surface area (Å²) >= 11 is 0. The van der Waals surface area contributed by atoms with Crippen molar-refractivity contribution in [2.75, 3.05) is 18.5 Å². The Kier molecular flexibility index (Phi) is 6.49. The van der Waals surface area contributed by atoms with Crippen molar-refractivity contribution in [3.05, 3.63) is 24.0 Å². The molecule has 2 aliphatic rings. The Bertz CT molecular complexity index is 670. The number of rotatable bonds is 6. The van der Waals surface area contributed by atoms with Crippen LogP contribution in [0.4, 0.5) is 14.9 Å². The second-order valence-corrected chi connectivity index (χ2v) is 7.07. The lowest BCUT2D eigenvalue weighted by atomic mass is 9.86. The van der Waals surface area contributed by atoms with Crippen LogP contribution in [0.5, 0.6) is 5.75 Å². The first-order valence-electron chi connectivity index (χ1n) is 9.35. The maximum Gasteiger partial charge on any atom is 0.319 e. The zero-order chi connectivity index (χ0) is 19.2. The lowest BCUT2D eigenvalue weighted by molar-refractivity contribution is -0.142. The van der Waals surface area contributed by atoms with E-state index < -0.39 is 17.8 Å². The molecule has 1 aromatic rings. The Morgan fingerprint density at radius 2 is 2.00 bits per heavy atom. The van der Waals surface area contributed by atoms with E-state index >= 15 is 0 Å². The van der Waals surface area contributed by atoms with Gasteiger partial charge in [-0.25, -0.2) is 9.18 Å². The number of carboxylic acid groups (broad SMARTS) is 1. The third kappa shape index (κ3) is 5.56. The fraction of sp³-hybridized carbons (Fsp3) is 0.579. The second-order valence-electron chi connectivity index (χ2n) is 7.07. The zero-order valence-corrected chi connectivity index (χ0v) is 15.1. The van der Waals surface area contributed by atoms with Crippen LogP contribution in [0.25, 0.3) is 0 Å². The van der Waals surface area contributed by atoms with Crippen LogP contribution in [0, 0.1) is 11.7 Å². The normalized spacial score (nSPS) is 25.0. The summed E-state index contributed by atoms with van der Waals surface area (Å²) in [7, 11) is 0. The number of benzene rings is 1. The van der Waals surface area contributed by atoms with Crippen LogP contribution in [0.1, 0.15) is 38.5 Å². The molecule has 2 amide bonds. The van der Waals surface area contributed by atoms with Gasteiger partial charge in [-0.05, 0) is 50.7 Å². The Labute approximate surface area is 157 Å². The number of nitrogens with one attached hydrogen (secondary N) is 2. The van der Waals surface area contributed by atoms with Crippen LogP contribution < -0.4 is 15.4 Å². The molecule has 1 aliphatic carbocycles. The van der Waals surface area contributed by atoms with Crippen molar-refractivity contribution in [1.29, 1.82) is 0 Å². The summed E-state index contributed by atoms with van der Waals surface area (Å²) < 4.78 is 24.8. The van der Waals surface area contributed by atoms with E-state index in [0.717, 1.165) is 19.4 Å².